The molecule has 0 saturated heterocycles. The molecule has 5 heteroatoms. The number of rotatable bonds is 8. The summed E-state index contributed by atoms with van der Waals surface area (Å²) >= 11 is 1.62. The molecular formula is C27H36N2O2S. The van der Waals surface area contributed by atoms with Gasteiger partial charge in [0.15, 0.2) is 6.10 Å². The van der Waals surface area contributed by atoms with E-state index < -0.39 is 6.10 Å². The topological polar surface area (TPSA) is 51.2 Å². The van der Waals surface area contributed by atoms with Crippen molar-refractivity contribution in [3.63, 3.8) is 0 Å². The van der Waals surface area contributed by atoms with Gasteiger partial charge in [0.05, 0.1) is 15.2 Å². The molecule has 3 rings (SSSR count). The number of ether oxygens (including phenoxy) is 1. The largest absolute Gasteiger partial charge is 0.481 e. The van der Waals surface area contributed by atoms with E-state index >= 15 is 0 Å². The van der Waals surface area contributed by atoms with Crippen LogP contribution in [0.15, 0.2) is 36.4 Å². The van der Waals surface area contributed by atoms with Crippen LogP contribution >= 0.6 is 11.3 Å². The van der Waals surface area contributed by atoms with Gasteiger partial charge in [-0.15, -0.1) is 11.3 Å². The van der Waals surface area contributed by atoms with Crippen molar-refractivity contribution in [2.45, 2.75) is 85.2 Å². The van der Waals surface area contributed by atoms with Gasteiger partial charge in [-0.2, -0.15) is 0 Å². The monoisotopic (exact) mass is 452 g/mol. The van der Waals surface area contributed by atoms with Crippen molar-refractivity contribution in [1.82, 2.24) is 4.98 Å². The van der Waals surface area contributed by atoms with Crippen molar-refractivity contribution < 1.29 is 9.53 Å². The van der Waals surface area contributed by atoms with Gasteiger partial charge in [0, 0.05) is 11.3 Å². The Hall–Kier alpha value is -2.40. The fourth-order valence-corrected chi connectivity index (χ4v) is 4.45. The minimum Gasteiger partial charge on any atom is -0.481 e. The van der Waals surface area contributed by atoms with E-state index in [9.17, 15) is 4.79 Å². The number of hydrogen-bond donors (Lipinski definition) is 1. The molecule has 0 bridgehead atoms. The molecular weight excluding hydrogens is 416 g/mol. The first-order valence-electron chi connectivity index (χ1n) is 11.5. The Morgan fingerprint density at radius 2 is 1.75 bits per heavy atom. The second-order valence-electron chi connectivity index (χ2n) is 9.85. The zero-order chi connectivity index (χ0) is 23.7. The Bertz CT molecular complexity index is 1110. The molecule has 3 aromatic rings. The molecule has 1 unspecified atom stereocenters. The summed E-state index contributed by atoms with van der Waals surface area (Å²) in [6, 6.07) is 12.2. The summed E-state index contributed by atoms with van der Waals surface area (Å²) in [5.74, 6) is 0.618. The molecule has 0 saturated carbocycles. The molecule has 1 atom stereocenters. The van der Waals surface area contributed by atoms with Crippen LogP contribution in [0.3, 0.4) is 0 Å². The third kappa shape index (κ3) is 5.15. The number of thiazole rings is 1. The molecule has 0 fully saturated rings. The van der Waals surface area contributed by atoms with Crippen LogP contribution in [0.5, 0.6) is 5.75 Å². The molecule has 0 spiro atoms. The fraction of sp³-hybridized carbons (Fsp3) is 0.481. The van der Waals surface area contributed by atoms with Crippen LogP contribution in [0, 0.1) is 6.92 Å². The Kier molecular flexibility index (Phi) is 6.99. The third-order valence-corrected chi connectivity index (χ3v) is 7.63. The molecule has 2 aromatic carbocycles. The van der Waals surface area contributed by atoms with Crippen LogP contribution in [-0.4, -0.2) is 17.0 Å². The molecule has 1 heterocycles. The maximum atomic E-state index is 12.9. The number of nitrogens with one attached hydrogen (secondary N) is 1. The number of fused-ring (bicyclic) bond motifs is 1. The van der Waals surface area contributed by atoms with Gasteiger partial charge in [-0.3, -0.25) is 4.79 Å². The second kappa shape index (κ2) is 9.22. The van der Waals surface area contributed by atoms with E-state index in [0.29, 0.717) is 0 Å². The Morgan fingerprint density at radius 1 is 1.06 bits per heavy atom. The van der Waals surface area contributed by atoms with E-state index in [1.54, 1.807) is 18.3 Å². The number of aromatic nitrogens is 1. The van der Waals surface area contributed by atoms with Crippen molar-refractivity contribution >= 4 is 33.1 Å². The molecule has 172 valence electrons. The molecule has 1 amide bonds. The summed E-state index contributed by atoms with van der Waals surface area (Å²) in [4.78, 5) is 17.4. The van der Waals surface area contributed by atoms with Crippen LogP contribution in [0.2, 0.25) is 0 Å². The van der Waals surface area contributed by atoms with Gasteiger partial charge >= 0.3 is 0 Å². The van der Waals surface area contributed by atoms with Crippen molar-refractivity contribution in [2.24, 2.45) is 0 Å². The van der Waals surface area contributed by atoms with Gasteiger partial charge in [0.1, 0.15) is 5.75 Å². The SMILES string of the molecule is CCC(C)(C)c1ccc(OC(C)C(=O)Nc2ccc3nc(C)sc3c2)c(C(C)(C)CC)c1. The standard InChI is InChI=1S/C27H36N2O2S/c1-9-26(5,6)19-11-14-23(21(15-19)27(7,8)10-2)31-17(3)25(30)29-20-12-13-22-24(16-20)32-18(4)28-22/h11-17H,9-10H2,1-8H3,(H,29,30). The van der Waals surface area contributed by atoms with Gasteiger partial charge in [0.2, 0.25) is 0 Å². The Balaban J connectivity index is 1.83. The van der Waals surface area contributed by atoms with Gasteiger partial charge in [-0.1, -0.05) is 53.7 Å². The number of benzene rings is 2. The zero-order valence-electron chi connectivity index (χ0n) is 20.6. The van der Waals surface area contributed by atoms with Crippen molar-refractivity contribution in [3.05, 3.63) is 52.5 Å². The van der Waals surface area contributed by atoms with Gasteiger partial charge in [-0.25, -0.2) is 4.98 Å². The maximum Gasteiger partial charge on any atom is 0.265 e. The van der Waals surface area contributed by atoms with Crippen LogP contribution in [0.1, 0.15) is 77.4 Å². The Morgan fingerprint density at radius 3 is 2.41 bits per heavy atom. The van der Waals surface area contributed by atoms with Crippen molar-refractivity contribution in [3.8, 4) is 5.75 Å². The molecule has 0 aliphatic rings. The highest BCUT2D eigenvalue weighted by atomic mass is 32.1. The highest BCUT2D eigenvalue weighted by Crippen LogP contribution is 2.39. The normalized spacial score (nSPS) is 13.2. The summed E-state index contributed by atoms with van der Waals surface area (Å²) in [5, 5.41) is 4.01. The lowest BCUT2D eigenvalue weighted by Gasteiger charge is -2.31. The molecule has 1 aromatic heterocycles. The van der Waals surface area contributed by atoms with E-state index in [4.69, 9.17) is 4.74 Å². The van der Waals surface area contributed by atoms with E-state index in [0.717, 1.165) is 45.1 Å². The average Bonchev–Trinajstić information content (AvgIpc) is 3.12. The number of anilines is 1. The first-order valence-corrected chi connectivity index (χ1v) is 12.3. The Labute approximate surface area is 196 Å². The van der Waals surface area contributed by atoms with E-state index in [2.05, 4.69) is 64.0 Å². The molecule has 32 heavy (non-hydrogen) atoms. The van der Waals surface area contributed by atoms with Crippen molar-refractivity contribution in [1.29, 1.82) is 0 Å². The molecule has 0 aliphatic heterocycles. The molecule has 1 N–H and O–H groups in total. The quantitative estimate of drug-likeness (QED) is 0.388. The lowest BCUT2D eigenvalue weighted by atomic mass is 9.76. The van der Waals surface area contributed by atoms with Crippen molar-refractivity contribution in [2.75, 3.05) is 5.32 Å². The third-order valence-electron chi connectivity index (χ3n) is 6.69. The maximum absolute atomic E-state index is 12.9. The highest BCUT2D eigenvalue weighted by Gasteiger charge is 2.28. The van der Waals surface area contributed by atoms with Crippen LogP contribution in [0.4, 0.5) is 5.69 Å². The van der Waals surface area contributed by atoms with Crippen LogP contribution in [-0.2, 0) is 15.6 Å². The predicted octanol–water partition coefficient (Wildman–Crippen LogP) is 7.39. The summed E-state index contributed by atoms with van der Waals surface area (Å²) in [7, 11) is 0. The van der Waals surface area contributed by atoms with Gasteiger partial charge < -0.3 is 10.1 Å². The number of carbonyl (C=O) groups excluding carboxylic acids is 1. The molecule has 0 radical (unpaired) electrons. The summed E-state index contributed by atoms with van der Waals surface area (Å²) in [5.41, 5.74) is 4.20. The van der Waals surface area contributed by atoms with E-state index in [1.165, 1.54) is 5.56 Å². The first kappa shape index (κ1) is 24.2. The smallest absolute Gasteiger partial charge is 0.265 e. The minimum absolute atomic E-state index is 0.0551. The predicted molar refractivity (Wildman–Crippen MR) is 136 cm³/mol. The lowest BCUT2D eigenvalue weighted by molar-refractivity contribution is -0.122. The number of amides is 1. The summed E-state index contributed by atoms with van der Waals surface area (Å²) in [6.45, 7) is 17.2. The number of hydrogen-bond acceptors (Lipinski definition) is 4. The van der Waals surface area contributed by atoms with Crippen LogP contribution < -0.4 is 10.1 Å². The zero-order valence-corrected chi connectivity index (χ0v) is 21.4. The first-order chi connectivity index (χ1) is 15.0. The summed E-state index contributed by atoms with van der Waals surface area (Å²) < 4.78 is 7.30. The van der Waals surface area contributed by atoms with Gasteiger partial charge in [0.25, 0.3) is 5.91 Å². The molecule has 0 aliphatic carbocycles. The fourth-order valence-electron chi connectivity index (χ4n) is 3.58. The number of aryl methyl sites for hydroxylation is 1. The average molecular weight is 453 g/mol. The number of nitrogens with zero attached hydrogens (tertiary/aromatic N) is 1. The van der Waals surface area contributed by atoms with Crippen LogP contribution in [0.25, 0.3) is 10.2 Å². The minimum atomic E-state index is -0.620. The van der Waals surface area contributed by atoms with E-state index in [-0.39, 0.29) is 16.7 Å². The summed E-state index contributed by atoms with van der Waals surface area (Å²) in [6.07, 6.45) is 1.42. The second-order valence-corrected chi connectivity index (χ2v) is 11.1. The highest BCUT2D eigenvalue weighted by molar-refractivity contribution is 7.18. The van der Waals surface area contributed by atoms with E-state index in [1.807, 2.05) is 31.2 Å². The van der Waals surface area contributed by atoms with Gasteiger partial charge in [-0.05, 0) is 67.3 Å². The molecule has 4 nitrogen and oxygen atoms in total. The number of carbonyl (C=O) groups is 1. The lowest BCUT2D eigenvalue weighted by Crippen LogP contribution is -2.31.